The number of rotatable bonds is 5. The summed E-state index contributed by atoms with van der Waals surface area (Å²) in [5, 5.41) is 7.54. The van der Waals surface area contributed by atoms with E-state index in [0.29, 0.717) is 0 Å². The number of nitrogens with one attached hydrogen (secondary N) is 1. The minimum absolute atomic E-state index is 0.0700. The first kappa shape index (κ1) is 14.5. The van der Waals surface area contributed by atoms with Crippen molar-refractivity contribution in [1.82, 2.24) is 5.32 Å². The number of benzene rings is 1. The molecule has 0 aromatic heterocycles. The Bertz CT molecular complexity index is 540. The largest absolute Gasteiger partial charge is 0.492 e. The number of aryl methyl sites for hydroxylation is 1. The van der Waals surface area contributed by atoms with Gasteiger partial charge < -0.3 is 10.1 Å². The zero-order valence-electron chi connectivity index (χ0n) is 10.3. The minimum atomic E-state index is -3.84. The van der Waals surface area contributed by atoms with Crippen molar-refractivity contribution in [2.24, 2.45) is 5.14 Å². The van der Waals surface area contributed by atoms with Gasteiger partial charge in [0.1, 0.15) is 10.6 Å². The molecule has 100 valence electrons. The van der Waals surface area contributed by atoms with Gasteiger partial charge in [-0.3, -0.25) is 4.79 Å². The molecule has 1 aromatic carbocycles. The number of primary sulfonamides is 1. The Morgan fingerprint density at radius 2 is 2.11 bits per heavy atom. The molecule has 0 heterocycles. The summed E-state index contributed by atoms with van der Waals surface area (Å²) >= 11 is 0. The summed E-state index contributed by atoms with van der Waals surface area (Å²) in [5.74, 6) is -0.0220. The molecule has 0 fully saturated rings. The third-order valence-corrected chi connectivity index (χ3v) is 3.20. The second-order valence-corrected chi connectivity index (χ2v) is 5.30. The van der Waals surface area contributed by atoms with Crippen LogP contribution >= 0.6 is 0 Å². The van der Waals surface area contributed by atoms with E-state index in [9.17, 15) is 13.2 Å². The summed E-state index contributed by atoms with van der Waals surface area (Å²) in [6, 6.07) is 4.67. The molecule has 1 aromatic rings. The van der Waals surface area contributed by atoms with Crippen LogP contribution in [0.15, 0.2) is 23.1 Å². The van der Waals surface area contributed by atoms with E-state index in [2.05, 4.69) is 5.32 Å². The molecule has 3 N–H and O–H groups in total. The van der Waals surface area contributed by atoms with Gasteiger partial charge in [0.25, 0.3) is 0 Å². The molecule has 0 saturated carbocycles. The average molecular weight is 272 g/mol. The van der Waals surface area contributed by atoms with Crippen molar-refractivity contribution in [1.29, 1.82) is 0 Å². The summed E-state index contributed by atoms with van der Waals surface area (Å²) in [5.41, 5.74) is 0.762. The van der Waals surface area contributed by atoms with Gasteiger partial charge in [-0.1, -0.05) is 6.07 Å². The average Bonchev–Trinajstić information content (AvgIpc) is 2.29. The fourth-order valence-electron chi connectivity index (χ4n) is 1.34. The van der Waals surface area contributed by atoms with Crippen LogP contribution in [-0.4, -0.2) is 28.0 Å². The van der Waals surface area contributed by atoms with Gasteiger partial charge in [-0.25, -0.2) is 13.6 Å². The van der Waals surface area contributed by atoms with Gasteiger partial charge in [-0.2, -0.15) is 0 Å². The first-order valence-corrected chi connectivity index (χ1v) is 6.86. The van der Waals surface area contributed by atoms with Crippen LogP contribution in [0.5, 0.6) is 5.75 Å². The van der Waals surface area contributed by atoms with Crippen molar-refractivity contribution in [3.8, 4) is 5.75 Å². The highest BCUT2D eigenvalue weighted by Crippen LogP contribution is 2.23. The SMILES string of the molecule is CNC(=O)CCOc1ccc(C)cc1S(N)(=O)=O. The second-order valence-electron chi connectivity index (χ2n) is 3.77. The molecule has 0 saturated heterocycles. The van der Waals surface area contributed by atoms with Crippen molar-refractivity contribution in [2.75, 3.05) is 13.7 Å². The molecular weight excluding hydrogens is 256 g/mol. The fraction of sp³-hybridized carbons (Fsp3) is 0.364. The van der Waals surface area contributed by atoms with Crippen molar-refractivity contribution in [3.05, 3.63) is 23.8 Å². The first-order valence-electron chi connectivity index (χ1n) is 5.31. The fourth-order valence-corrected chi connectivity index (χ4v) is 2.09. The monoisotopic (exact) mass is 272 g/mol. The maximum atomic E-state index is 11.4. The molecule has 0 aliphatic rings. The highest BCUT2D eigenvalue weighted by atomic mass is 32.2. The van der Waals surface area contributed by atoms with E-state index in [1.165, 1.54) is 19.2 Å². The van der Waals surface area contributed by atoms with E-state index in [1.807, 2.05) is 0 Å². The molecule has 0 aliphatic carbocycles. The normalized spacial score (nSPS) is 11.1. The first-order chi connectivity index (χ1) is 8.34. The summed E-state index contributed by atoms with van der Waals surface area (Å²) in [6.07, 6.45) is 0.147. The van der Waals surface area contributed by atoms with E-state index >= 15 is 0 Å². The Balaban J connectivity index is 2.86. The summed E-state index contributed by atoms with van der Waals surface area (Å²) in [7, 11) is -2.32. The lowest BCUT2D eigenvalue weighted by Crippen LogP contribution is -2.20. The zero-order valence-corrected chi connectivity index (χ0v) is 11.1. The molecule has 18 heavy (non-hydrogen) atoms. The van der Waals surface area contributed by atoms with Gasteiger partial charge in [0.2, 0.25) is 15.9 Å². The number of ether oxygens (including phenoxy) is 1. The van der Waals surface area contributed by atoms with Crippen LogP contribution in [0.25, 0.3) is 0 Å². The van der Waals surface area contributed by atoms with E-state index in [4.69, 9.17) is 9.88 Å². The van der Waals surface area contributed by atoms with E-state index in [0.717, 1.165) is 5.56 Å². The van der Waals surface area contributed by atoms with Crippen molar-refractivity contribution in [3.63, 3.8) is 0 Å². The maximum Gasteiger partial charge on any atom is 0.241 e. The van der Waals surface area contributed by atoms with Gasteiger partial charge in [0.05, 0.1) is 13.0 Å². The number of hydrogen-bond acceptors (Lipinski definition) is 4. The highest BCUT2D eigenvalue weighted by molar-refractivity contribution is 7.89. The van der Waals surface area contributed by atoms with Gasteiger partial charge >= 0.3 is 0 Å². The van der Waals surface area contributed by atoms with Crippen LogP contribution in [0.3, 0.4) is 0 Å². The number of sulfonamides is 1. The number of carbonyl (C=O) groups is 1. The molecule has 1 amide bonds. The van der Waals surface area contributed by atoms with Crippen LogP contribution < -0.4 is 15.2 Å². The van der Waals surface area contributed by atoms with Gasteiger partial charge in [0.15, 0.2) is 0 Å². The topological polar surface area (TPSA) is 98.5 Å². The van der Waals surface area contributed by atoms with Gasteiger partial charge in [-0.05, 0) is 24.6 Å². The molecule has 7 heteroatoms. The van der Waals surface area contributed by atoms with E-state index in [1.54, 1.807) is 13.0 Å². The number of carbonyl (C=O) groups excluding carboxylic acids is 1. The van der Waals surface area contributed by atoms with Gasteiger partial charge in [0, 0.05) is 7.05 Å². The Kier molecular flexibility index (Phi) is 4.69. The molecule has 0 unspecified atom stereocenters. The van der Waals surface area contributed by atoms with Crippen molar-refractivity contribution in [2.45, 2.75) is 18.2 Å². The summed E-state index contributed by atoms with van der Waals surface area (Å²) < 4.78 is 28.0. The zero-order chi connectivity index (χ0) is 13.8. The standard InChI is InChI=1S/C11H16N2O4S/c1-8-3-4-9(10(7-8)18(12,15)16)17-6-5-11(14)13-2/h3-4,7H,5-6H2,1-2H3,(H,13,14)(H2,12,15,16). The molecule has 0 atom stereocenters. The van der Waals surface area contributed by atoms with Crippen LogP contribution in [0.2, 0.25) is 0 Å². The van der Waals surface area contributed by atoms with Crippen LogP contribution in [0.1, 0.15) is 12.0 Å². The smallest absolute Gasteiger partial charge is 0.241 e. The summed E-state index contributed by atoms with van der Waals surface area (Å²) in [4.78, 5) is 10.9. The molecule has 0 radical (unpaired) electrons. The predicted molar refractivity (Wildman–Crippen MR) is 66.7 cm³/mol. The number of nitrogens with two attached hydrogens (primary N) is 1. The molecule has 0 bridgehead atoms. The Hall–Kier alpha value is -1.60. The van der Waals surface area contributed by atoms with Crippen LogP contribution in [0, 0.1) is 6.92 Å². The lowest BCUT2D eigenvalue weighted by atomic mass is 10.2. The second kappa shape index (κ2) is 5.83. The van der Waals surface area contributed by atoms with Crippen molar-refractivity contribution >= 4 is 15.9 Å². The molecule has 0 aliphatic heterocycles. The van der Waals surface area contributed by atoms with E-state index < -0.39 is 10.0 Å². The quantitative estimate of drug-likeness (QED) is 0.797. The molecule has 0 spiro atoms. The van der Waals surface area contributed by atoms with Crippen LogP contribution in [0.4, 0.5) is 0 Å². The van der Waals surface area contributed by atoms with E-state index in [-0.39, 0.29) is 29.6 Å². The molecule has 6 nitrogen and oxygen atoms in total. The minimum Gasteiger partial charge on any atom is -0.492 e. The number of hydrogen-bond donors (Lipinski definition) is 2. The Morgan fingerprint density at radius 3 is 2.67 bits per heavy atom. The van der Waals surface area contributed by atoms with Crippen LogP contribution in [-0.2, 0) is 14.8 Å². The lowest BCUT2D eigenvalue weighted by Gasteiger charge is -2.10. The highest BCUT2D eigenvalue weighted by Gasteiger charge is 2.15. The molecular formula is C11H16N2O4S. The predicted octanol–water partition coefficient (Wildman–Crippen LogP) is 0.157. The summed E-state index contributed by atoms with van der Waals surface area (Å²) in [6.45, 7) is 1.84. The third-order valence-electron chi connectivity index (χ3n) is 2.27. The lowest BCUT2D eigenvalue weighted by molar-refractivity contribution is -0.121. The maximum absolute atomic E-state index is 11.4. The van der Waals surface area contributed by atoms with Crippen molar-refractivity contribution < 1.29 is 17.9 Å². The number of amides is 1. The Morgan fingerprint density at radius 1 is 1.44 bits per heavy atom. The third kappa shape index (κ3) is 4.01. The Labute approximate surface area is 106 Å². The molecule has 1 rings (SSSR count). The van der Waals surface area contributed by atoms with Gasteiger partial charge in [-0.15, -0.1) is 0 Å².